The Labute approximate surface area is 112 Å². The number of hydrogen-bond acceptors (Lipinski definition) is 2. The van der Waals surface area contributed by atoms with E-state index in [2.05, 4.69) is 63.2 Å². The van der Waals surface area contributed by atoms with Crippen molar-refractivity contribution in [3.8, 4) is 0 Å². The number of nitrogens with zero attached hydrogens (tertiary/aromatic N) is 1. The third kappa shape index (κ3) is 3.94. The van der Waals surface area contributed by atoms with Crippen LogP contribution in [0.2, 0.25) is 0 Å². The molecule has 1 rings (SSSR count). The molecular weight excluding hydrogens is 220 g/mol. The van der Waals surface area contributed by atoms with Crippen LogP contribution < -0.4 is 5.32 Å². The lowest BCUT2D eigenvalue weighted by molar-refractivity contribution is 0.349. The minimum atomic E-state index is 0.538. The van der Waals surface area contributed by atoms with Crippen LogP contribution in [0.25, 0.3) is 0 Å². The van der Waals surface area contributed by atoms with Crippen molar-refractivity contribution in [1.29, 1.82) is 0 Å². The second-order valence-electron chi connectivity index (χ2n) is 5.53. The molecule has 0 amide bonds. The lowest BCUT2D eigenvalue weighted by Gasteiger charge is -2.25. The average molecular weight is 248 g/mol. The maximum atomic E-state index is 3.26. The van der Waals surface area contributed by atoms with Crippen molar-refractivity contribution >= 4 is 0 Å². The van der Waals surface area contributed by atoms with E-state index in [1.54, 1.807) is 0 Å². The van der Waals surface area contributed by atoms with Gasteiger partial charge >= 0.3 is 0 Å². The van der Waals surface area contributed by atoms with Gasteiger partial charge in [-0.3, -0.25) is 0 Å². The van der Waals surface area contributed by atoms with Crippen molar-refractivity contribution in [3.05, 3.63) is 35.2 Å². The SMILES string of the molecule is CNC1=CC(N(C)/C(C)=C/C=C(\C)C(C)C)CC1. The molecule has 0 aliphatic heterocycles. The van der Waals surface area contributed by atoms with Gasteiger partial charge in [0.25, 0.3) is 0 Å². The third-order valence-electron chi connectivity index (χ3n) is 3.98. The van der Waals surface area contributed by atoms with E-state index >= 15 is 0 Å². The third-order valence-corrected chi connectivity index (χ3v) is 3.98. The van der Waals surface area contributed by atoms with Crippen molar-refractivity contribution in [2.24, 2.45) is 5.92 Å². The molecule has 0 saturated carbocycles. The zero-order valence-corrected chi connectivity index (χ0v) is 12.7. The molecular formula is C16H28N2. The molecule has 0 spiro atoms. The van der Waals surface area contributed by atoms with Crippen LogP contribution in [0.1, 0.15) is 40.5 Å². The van der Waals surface area contributed by atoms with Gasteiger partial charge in [0.15, 0.2) is 0 Å². The standard InChI is InChI=1S/C16H28N2/c1-12(2)13(3)7-8-14(4)18(6)16-10-9-15(11-16)17-5/h7-8,11-12,16-17H,9-10H2,1-6H3/b13-7+,14-8+. The van der Waals surface area contributed by atoms with Gasteiger partial charge in [-0.15, -0.1) is 0 Å². The average Bonchev–Trinajstić information content (AvgIpc) is 2.82. The Morgan fingerprint density at radius 1 is 1.39 bits per heavy atom. The quantitative estimate of drug-likeness (QED) is 0.746. The lowest BCUT2D eigenvalue weighted by atomic mass is 10.0. The Bertz CT molecular complexity index is 361. The van der Waals surface area contributed by atoms with Crippen LogP contribution in [0.4, 0.5) is 0 Å². The summed E-state index contributed by atoms with van der Waals surface area (Å²) in [6.45, 7) is 8.85. The molecule has 18 heavy (non-hydrogen) atoms. The maximum absolute atomic E-state index is 3.26. The topological polar surface area (TPSA) is 15.3 Å². The van der Waals surface area contributed by atoms with Gasteiger partial charge in [-0.2, -0.15) is 0 Å². The minimum absolute atomic E-state index is 0.538. The maximum Gasteiger partial charge on any atom is 0.0489 e. The smallest absolute Gasteiger partial charge is 0.0489 e. The highest BCUT2D eigenvalue weighted by atomic mass is 15.1. The zero-order chi connectivity index (χ0) is 13.7. The van der Waals surface area contributed by atoms with E-state index in [4.69, 9.17) is 0 Å². The first-order valence-corrected chi connectivity index (χ1v) is 6.92. The highest BCUT2D eigenvalue weighted by molar-refractivity contribution is 5.19. The van der Waals surface area contributed by atoms with E-state index in [9.17, 15) is 0 Å². The van der Waals surface area contributed by atoms with Gasteiger partial charge in [-0.1, -0.05) is 25.5 Å². The molecule has 0 fully saturated rings. The summed E-state index contributed by atoms with van der Waals surface area (Å²) in [5, 5.41) is 3.26. The first-order valence-electron chi connectivity index (χ1n) is 6.92. The van der Waals surface area contributed by atoms with Crippen LogP contribution in [-0.2, 0) is 0 Å². The Morgan fingerprint density at radius 2 is 2.06 bits per heavy atom. The molecule has 0 aromatic carbocycles. The fourth-order valence-corrected chi connectivity index (χ4v) is 2.04. The summed E-state index contributed by atoms with van der Waals surface area (Å²) >= 11 is 0. The van der Waals surface area contributed by atoms with Crippen LogP contribution in [0, 0.1) is 5.92 Å². The number of hydrogen-bond donors (Lipinski definition) is 1. The molecule has 1 atom stereocenters. The van der Waals surface area contributed by atoms with Crippen molar-refractivity contribution in [3.63, 3.8) is 0 Å². The molecule has 1 aliphatic carbocycles. The van der Waals surface area contributed by atoms with E-state index in [-0.39, 0.29) is 0 Å². The molecule has 0 radical (unpaired) electrons. The van der Waals surface area contributed by atoms with E-state index in [0.717, 1.165) is 0 Å². The van der Waals surface area contributed by atoms with Crippen LogP contribution in [0.15, 0.2) is 35.2 Å². The molecule has 0 aromatic rings. The number of nitrogens with one attached hydrogen (secondary N) is 1. The summed E-state index contributed by atoms with van der Waals surface area (Å²) in [5.74, 6) is 0.627. The number of likely N-dealkylation sites (N-methyl/N-ethyl adjacent to an activating group) is 1. The fourth-order valence-electron chi connectivity index (χ4n) is 2.04. The molecule has 1 aliphatic rings. The Morgan fingerprint density at radius 3 is 2.56 bits per heavy atom. The number of allylic oxidation sites excluding steroid dienone is 5. The summed E-state index contributed by atoms with van der Waals surface area (Å²) in [7, 11) is 4.19. The summed E-state index contributed by atoms with van der Waals surface area (Å²) in [5.41, 5.74) is 4.13. The second-order valence-corrected chi connectivity index (χ2v) is 5.53. The van der Waals surface area contributed by atoms with Crippen molar-refractivity contribution in [2.75, 3.05) is 14.1 Å². The van der Waals surface area contributed by atoms with Gasteiger partial charge in [-0.05, 0) is 44.8 Å². The predicted molar refractivity (Wildman–Crippen MR) is 80.3 cm³/mol. The van der Waals surface area contributed by atoms with Crippen molar-refractivity contribution < 1.29 is 0 Å². The molecule has 2 nitrogen and oxygen atoms in total. The lowest BCUT2D eigenvalue weighted by Crippen LogP contribution is -2.26. The first kappa shape index (κ1) is 14.9. The van der Waals surface area contributed by atoms with Gasteiger partial charge in [0, 0.05) is 31.5 Å². The normalized spacial score (nSPS) is 21.3. The molecule has 102 valence electrons. The summed E-state index contributed by atoms with van der Waals surface area (Å²) < 4.78 is 0. The molecule has 0 heterocycles. The van der Waals surface area contributed by atoms with E-state index < -0.39 is 0 Å². The minimum Gasteiger partial charge on any atom is -0.392 e. The predicted octanol–water partition coefficient (Wildman–Crippen LogP) is 3.69. The van der Waals surface area contributed by atoms with Crippen LogP contribution >= 0.6 is 0 Å². The largest absolute Gasteiger partial charge is 0.392 e. The zero-order valence-electron chi connectivity index (χ0n) is 12.7. The molecule has 2 heteroatoms. The molecule has 0 aromatic heterocycles. The van der Waals surface area contributed by atoms with Gasteiger partial charge in [0.05, 0.1) is 0 Å². The van der Waals surface area contributed by atoms with Gasteiger partial charge in [-0.25, -0.2) is 0 Å². The van der Waals surface area contributed by atoms with Crippen LogP contribution in [0.3, 0.4) is 0 Å². The summed E-state index contributed by atoms with van der Waals surface area (Å²) in [6.07, 6.45) is 9.20. The second kappa shape index (κ2) is 6.67. The highest BCUT2D eigenvalue weighted by Gasteiger charge is 2.18. The molecule has 1 unspecified atom stereocenters. The van der Waals surface area contributed by atoms with Crippen molar-refractivity contribution in [2.45, 2.75) is 46.6 Å². The Hall–Kier alpha value is -1.18. The van der Waals surface area contributed by atoms with Crippen molar-refractivity contribution in [1.82, 2.24) is 10.2 Å². The van der Waals surface area contributed by atoms with E-state index in [1.165, 1.54) is 29.8 Å². The van der Waals surface area contributed by atoms with Gasteiger partial charge in [0.2, 0.25) is 0 Å². The Balaban J connectivity index is 2.67. The first-order chi connectivity index (χ1) is 8.45. The summed E-state index contributed by atoms with van der Waals surface area (Å²) in [6, 6.07) is 0.538. The number of rotatable bonds is 5. The molecule has 0 saturated heterocycles. The van der Waals surface area contributed by atoms with Gasteiger partial charge < -0.3 is 10.2 Å². The highest BCUT2D eigenvalue weighted by Crippen LogP contribution is 2.22. The molecule has 1 N–H and O–H groups in total. The summed E-state index contributed by atoms with van der Waals surface area (Å²) in [4.78, 5) is 2.37. The fraction of sp³-hybridized carbons (Fsp3) is 0.625. The molecule has 0 bridgehead atoms. The monoisotopic (exact) mass is 248 g/mol. The van der Waals surface area contributed by atoms with Crippen LogP contribution in [0.5, 0.6) is 0 Å². The van der Waals surface area contributed by atoms with E-state index in [1.807, 2.05) is 7.05 Å². The van der Waals surface area contributed by atoms with E-state index in [0.29, 0.717) is 12.0 Å². The van der Waals surface area contributed by atoms with Crippen LogP contribution in [-0.4, -0.2) is 25.0 Å². The van der Waals surface area contributed by atoms with Gasteiger partial charge in [0.1, 0.15) is 0 Å². The Kier molecular flexibility index (Phi) is 5.52.